The van der Waals surface area contributed by atoms with Crippen molar-refractivity contribution in [3.8, 4) is 0 Å². The van der Waals surface area contributed by atoms with Gasteiger partial charge in [-0.25, -0.2) is 15.0 Å². The smallest absolute Gasteiger partial charge is 0.231 e. The minimum atomic E-state index is -0.339. The van der Waals surface area contributed by atoms with Crippen molar-refractivity contribution in [1.29, 1.82) is 0 Å². The Morgan fingerprint density at radius 2 is 1.83 bits per heavy atom. The quantitative estimate of drug-likeness (QED) is 0.731. The summed E-state index contributed by atoms with van der Waals surface area (Å²) in [4.78, 5) is 41.9. The summed E-state index contributed by atoms with van der Waals surface area (Å²) in [6.45, 7) is 4.45. The molecule has 0 aromatic carbocycles. The number of hydrogen-bond acceptors (Lipinski definition) is 7. The first-order valence-electron chi connectivity index (χ1n) is 8.30. The molecule has 2 aliphatic heterocycles. The van der Waals surface area contributed by atoms with Gasteiger partial charge in [0.05, 0.1) is 12.5 Å². The van der Waals surface area contributed by atoms with Gasteiger partial charge in [-0.1, -0.05) is 0 Å². The SMILES string of the molecule is NC(=O)CN1CCC[C@H](C(=O)N2CCN(c3ncncn3)CC2)C1. The molecule has 0 aliphatic carbocycles. The number of nitrogens with zero attached hydrogens (tertiary/aromatic N) is 6. The summed E-state index contributed by atoms with van der Waals surface area (Å²) in [5.74, 6) is 0.456. The van der Waals surface area contributed by atoms with Crippen molar-refractivity contribution in [3.63, 3.8) is 0 Å². The average Bonchev–Trinajstić information content (AvgIpc) is 2.62. The number of nitrogens with two attached hydrogens (primary N) is 1. The van der Waals surface area contributed by atoms with E-state index in [0.717, 1.165) is 19.4 Å². The normalized spacial score (nSPS) is 22.4. The van der Waals surface area contributed by atoms with E-state index in [1.54, 1.807) is 0 Å². The zero-order chi connectivity index (χ0) is 16.9. The predicted octanol–water partition coefficient (Wildman–Crippen LogP) is -1.28. The lowest BCUT2D eigenvalue weighted by atomic mass is 9.96. The van der Waals surface area contributed by atoms with E-state index in [9.17, 15) is 9.59 Å². The minimum Gasteiger partial charge on any atom is -0.369 e. The van der Waals surface area contributed by atoms with Crippen molar-refractivity contribution in [3.05, 3.63) is 12.7 Å². The third-order valence-corrected chi connectivity index (χ3v) is 4.59. The zero-order valence-electron chi connectivity index (χ0n) is 13.7. The Kier molecular flexibility index (Phi) is 5.19. The van der Waals surface area contributed by atoms with Crippen LogP contribution in [-0.4, -0.2) is 82.4 Å². The number of rotatable bonds is 4. The Bertz CT molecular complexity index is 574. The molecular formula is C15H23N7O2. The molecule has 0 unspecified atom stereocenters. The molecule has 2 fully saturated rings. The molecule has 1 aromatic rings. The highest BCUT2D eigenvalue weighted by Crippen LogP contribution is 2.20. The van der Waals surface area contributed by atoms with E-state index in [4.69, 9.17) is 5.73 Å². The van der Waals surface area contributed by atoms with Crippen molar-refractivity contribution < 1.29 is 9.59 Å². The molecule has 0 spiro atoms. The van der Waals surface area contributed by atoms with Crippen LogP contribution in [-0.2, 0) is 9.59 Å². The number of likely N-dealkylation sites (tertiary alicyclic amines) is 1. The molecule has 9 nitrogen and oxygen atoms in total. The van der Waals surface area contributed by atoms with Crippen LogP contribution in [0.25, 0.3) is 0 Å². The molecule has 0 bridgehead atoms. The lowest BCUT2D eigenvalue weighted by Crippen LogP contribution is -2.53. The number of carbonyl (C=O) groups excluding carboxylic acids is 2. The monoisotopic (exact) mass is 333 g/mol. The molecule has 2 saturated heterocycles. The second-order valence-electron chi connectivity index (χ2n) is 6.29. The molecule has 1 atom stereocenters. The molecule has 3 heterocycles. The number of piperazine rings is 1. The third-order valence-electron chi connectivity index (χ3n) is 4.59. The summed E-state index contributed by atoms with van der Waals surface area (Å²) in [5.41, 5.74) is 5.26. The largest absolute Gasteiger partial charge is 0.369 e. The first-order valence-corrected chi connectivity index (χ1v) is 8.30. The molecule has 2 N–H and O–H groups in total. The van der Waals surface area contributed by atoms with Crippen LogP contribution in [0.2, 0.25) is 0 Å². The van der Waals surface area contributed by atoms with Crippen LogP contribution in [0, 0.1) is 5.92 Å². The Balaban J connectivity index is 1.52. The molecule has 0 saturated carbocycles. The van der Waals surface area contributed by atoms with Crippen molar-refractivity contribution >= 4 is 17.8 Å². The summed E-state index contributed by atoms with van der Waals surface area (Å²) in [6.07, 6.45) is 4.76. The number of carbonyl (C=O) groups is 2. The summed E-state index contributed by atoms with van der Waals surface area (Å²) >= 11 is 0. The molecule has 2 aliphatic rings. The van der Waals surface area contributed by atoms with Gasteiger partial charge < -0.3 is 15.5 Å². The number of aromatic nitrogens is 3. The molecule has 130 valence electrons. The Morgan fingerprint density at radius 3 is 2.50 bits per heavy atom. The second-order valence-corrected chi connectivity index (χ2v) is 6.29. The van der Waals surface area contributed by atoms with Crippen molar-refractivity contribution in [1.82, 2.24) is 24.8 Å². The lowest BCUT2D eigenvalue weighted by molar-refractivity contribution is -0.138. The van der Waals surface area contributed by atoms with Crippen molar-refractivity contribution in [2.75, 3.05) is 50.7 Å². The van der Waals surface area contributed by atoms with Gasteiger partial charge in [0.2, 0.25) is 17.8 Å². The molecule has 9 heteroatoms. The van der Waals surface area contributed by atoms with Crippen LogP contribution in [0.4, 0.5) is 5.95 Å². The summed E-state index contributed by atoms with van der Waals surface area (Å²) in [6, 6.07) is 0. The summed E-state index contributed by atoms with van der Waals surface area (Å²) < 4.78 is 0. The molecule has 3 rings (SSSR count). The Labute approximate surface area is 140 Å². The first-order chi connectivity index (χ1) is 11.6. The standard InChI is InChI=1S/C15H23N7O2/c16-13(23)9-20-3-1-2-12(8-20)14(24)21-4-6-22(7-5-21)15-18-10-17-11-19-15/h10-12H,1-9H2,(H2,16,23)/t12-/m0/s1. The van der Waals surface area contributed by atoms with Gasteiger partial charge in [-0.05, 0) is 19.4 Å². The maximum atomic E-state index is 12.8. The second kappa shape index (κ2) is 7.52. The van der Waals surface area contributed by atoms with E-state index in [1.807, 2.05) is 9.80 Å². The Hall–Kier alpha value is -2.29. The van der Waals surface area contributed by atoms with E-state index < -0.39 is 0 Å². The van der Waals surface area contributed by atoms with Gasteiger partial charge >= 0.3 is 0 Å². The number of anilines is 1. The lowest BCUT2D eigenvalue weighted by Gasteiger charge is -2.38. The summed E-state index contributed by atoms with van der Waals surface area (Å²) in [7, 11) is 0. The fourth-order valence-corrected chi connectivity index (χ4v) is 3.40. The topological polar surface area (TPSA) is 109 Å². The zero-order valence-corrected chi connectivity index (χ0v) is 13.7. The highest BCUT2D eigenvalue weighted by atomic mass is 16.2. The summed E-state index contributed by atoms with van der Waals surface area (Å²) in [5, 5.41) is 0. The number of hydrogen-bond donors (Lipinski definition) is 1. The Morgan fingerprint density at radius 1 is 1.12 bits per heavy atom. The fraction of sp³-hybridized carbons (Fsp3) is 0.667. The van der Waals surface area contributed by atoms with E-state index in [-0.39, 0.29) is 24.3 Å². The van der Waals surface area contributed by atoms with E-state index >= 15 is 0 Å². The van der Waals surface area contributed by atoms with Gasteiger partial charge in [0.15, 0.2) is 0 Å². The highest BCUT2D eigenvalue weighted by Gasteiger charge is 2.31. The average molecular weight is 333 g/mol. The molecule has 2 amide bonds. The fourth-order valence-electron chi connectivity index (χ4n) is 3.40. The maximum Gasteiger partial charge on any atom is 0.231 e. The predicted molar refractivity (Wildman–Crippen MR) is 87.0 cm³/mol. The molecule has 1 aromatic heterocycles. The molecule has 0 radical (unpaired) electrons. The van der Waals surface area contributed by atoms with Crippen LogP contribution in [0.1, 0.15) is 12.8 Å². The van der Waals surface area contributed by atoms with Crippen LogP contribution in [0.3, 0.4) is 0 Å². The molecule has 24 heavy (non-hydrogen) atoms. The van der Waals surface area contributed by atoms with Crippen molar-refractivity contribution in [2.24, 2.45) is 11.7 Å². The van der Waals surface area contributed by atoms with E-state index in [2.05, 4.69) is 19.9 Å². The van der Waals surface area contributed by atoms with Crippen LogP contribution >= 0.6 is 0 Å². The van der Waals surface area contributed by atoms with Gasteiger partial charge in [-0.3, -0.25) is 14.5 Å². The van der Waals surface area contributed by atoms with E-state index in [0.29, 0.717) is 38.7 Å². The van der Waals surface area contributed by atoms with Gasteiger partial charge in [0.25, 0.3) is 0 Å². The van der Waals surface area contributed by atoms with Crippen LogP contribution in [0.15, 0.2) is 12.7 Å². The van der Waals surface area contributed by atoms with Crippen molar-refractivity contribution in [2.45, 2.75) is 12.8 Å². The van der Waals surface area contributed by atoms with Gasteiger partial charge in [-0.15, -0.1) is 0 Å². The van der Waals surface area contributed by atoms with Gasteiger partial charge in [-0.2, -0.15) is 0 Å². The maximum absolute atomic E-state index is 12.8. The first kappa shape index (κ1) is 16.6. The number of amides is 2. The number of piperidine rings is 1. The van der Waals surface area contributed by atoms with Crippen LogP contribution < -0.4 is 10.6 Å². The highest BCUT2D eigenvalue weighted by molar-refractivity contribution is 5.80. The molecular weight excluding hydrogens is 310 g/mol. The van der Waals surface area contributed by atoms with Gasteiger partial charge in [0.1, 0.15) is 12.7 Å². The number of primary amides is 1. The minimum absolute atomic E-state index is 0.0400. The van der Waals surface area contributed by atoms with Crippen LogP contribution in [0.5, 0.6) is 0 Å². The third kappa shape index (κ3) is 3.97. The van der Waals surface area contributed by atoms with Gasteiger partial charge in [0, 0.05) is 32.7 Å². The van der Waals surface area contributed by atoms with E-state index in [1.165, 1.54) is 12.7 Å².